The predicted octanol–water partition coefficient (Wildman–Crippen LogP) is 4.30. The van der Waals surface area contributed by atoms with Crippen molar-refractivity contribution < 1.29 is 27.9 Å². The van der Waals surface area contributed by atoms with Crippen LogP contribution in [0.5, 0.6) is 0 Å². The number of benzene rings is 1. The lowest BCUT2D eigenvalue weighted by Crippen LogP contribution is -2.24. The molecule has 2 atom stereocenters. The van der Waals surface area contributed by atoms with Crippen LogP contribution >= 0.6 is 11.3 Å². The molecule has 0 saturated heterocycles. The Morgan fingerprint density at radius 1 is 1.20 bits per heavy atom. The number of anilines is 2. The summed E-state index contributed by atoms with van der Waals surface area (Å²) in [5, 5.41) is 12.7. The van der Waals surface area contributed by atoms with Gasteiger partial charge in [-0.2, -0.15) is 13.2 Å². The number of hydrogen-bond acceptors (Lipinski definition) is 5. The number of nitrogens with zero attached hydrogens (tertiary/aromatic N) is 1. The van der Waals surface area contributed by atoms with Crippen molar-refractivity contribution in [2.45, 2.75) is 25.9 Å². The molecule has 1 aromatic heterocycles. The van der Waals surface area contributed by atoms with E-state index in [1.807, 2.05) is 0 Å². The third-order valence-corrected chi connectivity index (χ3v) is 4.44. The summed E-state index contributed by atoms with van der Waals surface area (Å²) in [5.74, 6) is -3.30. The van der Waals surface area contributed by atoms with Crippen LogP contribution in [0.3, 0.4) is 0 Å². The van der Waals surface area contributed by atoms with E-state index in [9.17, 15) is 22.8 Å². The lowest BCUT2D eigenvalue weighted by atomic mass is 9.89. The molecule has 0 aliphatic heterocycles. The molecule has 5 nitrogen and oxygen atoms in total. The minimum atomic E-state index is -4.49. The smallest absolute Gasteiger partial charge is 0.434 e. The number of Topliss-reactive ketones (excluding diaryl/α,β-unsaturated/α-hetero) is 1. The average molecular weight is 372 g/mol. The van der Waals surface area contributed by atoms with E-state index in [0.717, 1.165) is 16.7 Å². The van der Waals surface area contributed by atoms with Gasteiger partial charge < -0.3 is 10.4 Å². The van der Waals surface area contributed by atoms with Crippen LogP contribution in [-0.2, 0) is 15.8 Å². The van der Waals surface area contributed by atoms with Crippen molar-refractivity contribution in [3.05, 3.63) is 40.9 Å². The zero-order valence-electron chi connectivity index (χ0n) is 13.3. The SMILES string of the molecule is CC(C(=O)O)C(=O)[C@H](C)c1ccc(Nc2nc(C(F)(F)F)cs2)cc1. The highest BCUT2D eigenvalue weighted by molar-refractivity contribution is 7.13. The fraction of sp³-hybridized carbons (Fsp3) is 0.312. The lowest BCUT2D eigenvalue weighted by molar-refractivity contribution is -0.146. The Labute approximate surface area is 145 Å². The Hall–Kier alpha value is -2.42. The second-order valence-electron chi connectivity index (χ2n) is 5.47. The standard InChI is InChI=1S/C16H15F3N2O3S/c1-8(13(22)9(2)14(23)24)10-3-5-11(6-4-10)20-15-21-12(7-25-15)16(17,18)19/h3-9H,1-2H3,(H,20,21)(H,23,24)/t8-,9?/m1/s1. The zero-order valence-corrected chi connectivity index (χ0v) is 14.1. The van der Waals surface area contributed by atoms with E-state index in [4.69, 9.17) is 5.11 Å². The first-order valence-electron chi connectivity index (χ1n) is 7.26. The molecule has 1 heterocycles. The highest BCUT2D eigenvalue weighted by atomic mass is 32.1. The summed E-state index contributed by atoms with van der Waals surface area (Å²) in [5.41, 5.74) is 0.176. The molecule has 1 unspecified atom stereocenters. The van der Waals surface area contributed by atoms with Gasteiger partial charge >= 0.3 is 12.1 Å². The van der Waals surface area contributed by atoms with Gasteiger partial charge in [0.1, 0.15) is 5.92 Å². The van der Waals surface area contributed by atoms with Gasteiger partial charge in [0.15, 0.2) is 16.6 Å². The number of hydrogen-bond donors (Lipinski definition) is 2. The summed E-state index contributed by atoms with van der Waals surface area (Å²) < 4.78 is 37.6. The van der Waals surface area contributed by atoms with Gasteiger partial charge in [-0.15, -0.1) is 11.3 Å². The molecule has 2 aromatic rings. The van der Waals surface area contributed by atoms with Crippen LogP contribution in [0.4, 0.5) is 24.0 Å². The van der Waals surface area contributed by atoms with Gasteiger partial charge in [0.2, 0.25) is 0 Å². The molecule has 2 N–H and O–H groups in total. The molecule has 0 saturated carbocycles. The molecule has 0 radical (unpaired) electrons. The topological polar surface area (TPSA) is 79.3 Å². The van der Waals surface area contributed by atoms with Gasteiger partial charge in [0, 0.05) is 17.0 Å². The molecule has 25 heavy (non-hydrogen) atoms. The Kier molecular flexibility index (Phi) is 5.46. The van der Waals surface area contributed by atoms with Crippen molar-refractivity contribution in [2.24, 2.45) is 5.92 Å². The molecule has 1 aromatic carbocycles. The van der Waals surface area contributed by atoms with Crippen molar-refractivity contribution in [2.75, 3.05) is 5.32 Å². The fourth-order valence-electron chi connectivity index (χ4n) is 2.10. The summed E-state index contributed by atoms with van der Waals surface area (Å²) in [7, 11) is 0. The second-order valence-corrected chi connectivity index (χ2v) is 6.32. The molecule has 134 valence electrons. The van der Waals surface area contributed by atoms with Crippen LogP contribution in [0.2, 0.25) is 0 Å². The van der Waals surface area contributed by atoms with Gasteiger partial charge in [0.25, 0.3) is 0 Å². The van der Waals surface area contributed by atoms with E-state index in [-0.39, 0.29) is 5.13 Å². The third kappa shape index (κ3) is 4.56. The third-order valence-electron chi connectivity index (χ3n) is 3.68. The van der Waals surface area contributed by atoms with Gasteiger partial charge in [0.05, 0.1) is 0 Å². The number of alkyl halides is 3. The van der Waals surface area contributed by atoms with Crippen molar-refractivity contribution in [1.82, 2.24) is 4.98 Å². The highest BCUT2D eigenvalue weighted by Gasteiger charge is 2.33. The molecule has 0 aliphatic rings. The van der Waals surface area contributed by atoms with Gasteiger partial charge in [-0.05, 0) is 24.6 Å². The molecular weight excluding hydrogens is 357 g/mol. The number of carbonyl (C=O) groups is 2. The van der Waals surface area contributed by atoms with Crippen molar-refractivity contribution in [1.29, 1.82) is 0 Å². The number of rotatable bonds is 6. The average Bonchev–Trinajstić information content (AvgIpc) is 3.02. The zero-order chi connectivity index (χ0) is 18.8. The molecular formula is C16H15F3N2O3S. The predicted molar refractivity (Wildman–Crippen MR) is 87.1 cm³/mol. The minimum absolute atomic E-state index is 0.101. The van der Waals surface area contributed by atoms with E-state index in [2.05, 4.69) is 10.3 Å². The van der Waals surface area contributed by atoms with Gasteiger partial charge in [-0.25, -0.2) is 4.98 Å². The molecule has 0 aliphatic carbocycles. The van der Waals surface area contributed by atoms with E-state index in [1.54, 1.807) is 31.2 Å². The van der Waals surface area contributed by atoms with Crippen LogP contribution in [0, 0.1) is 5.92 Å². The van der Waals surface area contributed by atoms with Crippen LogP contribution < -0.4 is 5.32 Å². The summed E-state index contributed by atoms with van der Waals surface area (Å²) in [4.78, 5) is 26.4. The lowest BCUT2D eigenvalue weighted by Gasteiger charge is -2.14. The summed E-state index contributed by atoms with van der Waals surface area (Å²) in [6, 6.07) is 6.44. The number of aliphatic carboxylic acids is 1. The Morgan fingerprint density at radius 2 is 1.80 bits per heavy atom. The Morgan fingerprint density at radius 3 is 2.28 bits per heavy atom. The van der Waals surface area contributed by atoms with Crippen LogP contribution in [-0.4, -0.2) is 21.8 Å². The fourth-order valence-corrected chi connectivity index (χ4v) is 2.84. The maximum absolute atomic E-state index is 12.5. The van der Waals surface area contributed by atoms with Crippen LogP contribution in [0.15, 0.2) is 29.6 Å². The largest absolute Gasteiger partial charge is 0.481 e. The van der Waals surface area contributed by atoms with Gasteiger partial charge in [-0.1, -0.05) is 19.1 Å². The minimum Gasteiger partial charge on any atom is -0.481 e. The quantitative estimate of drug-likeness (QED) is 0.739. The first-order chi connectivity index (χ1) is 11.6. The molecule has 2 rings (SSSR count). The number of thiazole rings is 1. The number of halogens is 3. The monoisotopic (exact) mass is 372 g/mol. The van der Waals surface area contributed by atoms with E-state index in [0.29, 0.717) is 11.3 Å². The number of ketones is 1. The summed E-state index contributed by atoms with van der Waals surface area (Å²) >= 11 is 0.832. The molecule has 0 spiro atoms. The van der Waals surface area contributed by atoms with Crippen molar-refractivity contribution in [3.63, 3.8) is 0 Å². The molecule has 0 fully saturated rings. The number of nitrogens with one attached hydrogen (secondary N) is 1. The first kappa shape index (κ1) is 18.9. The summed E-state index contributed by atoms with van der Waals surface area (Å²) in [6.45, 7) is 2.94. The Bertz CT molecular complexity index is 772. The molecule has 0 bridgehead atoms. The van der Waals surface area contributed by atoms with Gasteiger partial charge in [-0.3, -0.25) is 9.59 Å². The first-order valence-corrected chi connectivity index (χ1v) is 8.13. The number of aromatic nitrogens is 1. The normalized spacial score (nSPS) is 14.0. The van der Waals surface area contributed by atoms with Crippen molar-refractivity contribution in [3.8, 4) is 0 Å². The maximum Gasteiger partial charge on any atom is 0.434 e. The summed E-state index contributed by atoms with van der Waals surface area (Å²) in [6.07, 6.45) is -4.49. The van der Waals surface area contributed by atoms with Crippen LogP contribution in [0.1, 0.15) is 31.0 Å². The van der Waals surface area contributed by atoms with Crippen molar-refractivity contribution >= 4 is 33.9 Å². The number of carbonyl (C=O) groups excluding carboxylic acids is 1. The van der Waals surface area contributed by atoms with Crippen LogP contribution in [0.25, 0.3) is 0 Å². The van der Waals surface area contributed by atoms with E-state index >= 15 is 0 Å². The van der Waals surface area contributed by atoms with E-state index < -0.39 is 35.5 Å². The molecule has 0 amide bonds. The molecule has 9 heteroatoms. The highest BCUT2D eigenvalue weighted by Crippen LogP contribution is 2.32. The number of carboxylic acid groups (broad SMARTS) is 1. The van der Waals surface area contributed by atoms with E-state index in [1.165, 1.54) is 6.92 Å². The Balaban J connectivity index is 2.08. The number of carboxylic acids is 1. The maximum atomic E-state index is 12.5. The second kappa shape index (κ2) is 7.22.